The first kappa shape index (κ1) is 18.7. The minimum Gasteiger partial charge on any atom is -0.496 e. The van der Waals surface area contributed by atoms with E-state index < -0.39 is 0 Å². The van der Waals surface area contributed by atoms with Crippen LogP contribution >= 0.6 is 11.3 Å². The van der Waals surface area contributed by atoms with Gasteiger partial charge in [-0.2, -0.15) is 0 Å². The Morgan fingerprint density at radius 1 is 1.25 bits per heavy atom. The van der Waals surface area contributed by atoms with Crippen LogP contribution in [0.15, 0.2) is 34.4 Å². The average Bonchev–Trinajstić information content (AvgIpc) is 3.23. The van der Waals surface area contributed by atoms with Crippen molar-refractivity contribution < 1.29 is 9.47 Å². The number of methoxy groups -OCH3 is 2. The number of aromatic nitrogens is 2. The summed E-state index contributed by atoms with van der Waals surface area (Å²) in [5, 5.41) is 1.99. The molecule has 2 aromatic heterocycles. The fraction of sp³-hybridized carbons (Fsp3) is 0.333. The van der Waals surface area contributed by atoms with Gasteiger partial charge >= 0.3 is 0 Å². The predicted molar refractivity (Wildman–Crippen MR) is 110 cm³/mol. The third kappa shape index (κ3) is 3.43. The lowest BCUT2D eigenvalue weighted by atomic mass is 10.0. The monoisotopic (exact) mass is 397 g/mol. The summed E-state index contributed by atoms with van der Waals surface area (Å²) >= 11 is 1.58. The van der Waals surface area contributed by atoms with Crippen LogP contribution in [0.3, 0.4) is 0 Å². The molecule has 0 amide bonds. The number of rotatable bonds is 5. The molecule has 146 valence electrons. The summed E-state index contributed by atoms with van der Waals surface area (Å²) in [5.74, 6) is 2.32. The molecule has 0 spiro atoms. The molecule has 3 heterocycles. The van der Waals surface area contributed by atoms with E-state index in [4.69, 9.17) is 14.5 Å². The molecule has 7 heteroatoms. The van der Waals surface area contributed by atoms with Gasteiger partial charge < -0.3 is 14.5 Å². The molecule has 0 radical (unpaired) electrons. The first-order valence-electron chi connectivity index (χ1n) is 9.19. The average molecular weight is 398 g/mol. The Bertz CT molecular complexity index is 1040. The van der Waals surface area contributed by atoms with Crippen LogP contribution in [0.1, 0.15) is 22.4 Å². The summed E-state index contributed by atoms with van der Waals surface area (Å²) in [7, 11) is 3.34. The van der Waals surface area contributed by atoms with E-state index in [9.17, 15) is 4.79 Å². The van der Waals surface area contributed by atoms with Crippen molar-refractivity contribution in [3.8, 4) is 22.2 Å². The SMILES string of the molecule is COc1ccc(CN2CCc3nc(-c4cccs4)[nH]c(=O)c3C2)c(OC)c1C. The maximum Gasteiger partial charge on any atom is 0.255 e. The summed E-state index contributed by atoms with van der Waals surface area (Å²) in [5.41, 5.74) is 3.69. The summed E-state index contributed by atoms with van der Waals surface area (Å²) in [4.78, 5) is 23.6. The topological polar surface area (TPSA) is 67.5 Å². The lowest BCUT2D eigenvalue weighted by Crippen LogP contribution is -2.35. The Hall–Kier alpha value is -2.64. The molecule has 28 heavy (non-hydrogen) atoms. The third-order valence-corrected chi connectivity index (χ3v) is 6.03. The molecule has 1 aromatic carbocycles. The number of benzene rings is 1. The van der Waals surface area contributed by atoms with Gasteiger partial charge in [-0.25, -0.2) is 4.98 Å². The molecule has 0 bridgehead atoms. The number of nitrogens with zero attached hydrogens (tertiary/aromatic N) is 2. The van der Waals surface area contributed by atoms with Gasteiger partial charge in [0.2, 0.25) is 0 Å². The van der Waals surface area contributed by atoms with E-state index in [0.29, 0.717) is 18.9 Å². The quantitative estimate of drug-likeness (QED) is 0.715. The van der Waals surface area contributed by atoms with Crippen molar-refractivity contribution in [3.63, 3.8) is 0 Å². The standard InChI is InChI=1S/C21H23N3O3S/c1-13-17(26-2)7-6-14(19(13)27-3)11-24-9-8-16-15(12-24)21(25)23-20(22-16)18-5-4-10-28-18/h4-7,10H,8-9,11-12H2,1-3H3,(H,22,23,25). The highest BCUT2D eigenvalue weighted by Gasteiger charge is 2.23. The zero-order valence-electron chi connectivity index (χ0n) is 16.2. The van der Waals surface area contributed by atoms with Crippen molar-refractivity contribution in [1.82, 2.24) is 14.9 Å². The first-order valence-corrected chi connectivity index (χ1v) is 10.1. The number of nitrogens with one attached hydrogen (secondary N) is 1. The van der Waals surface area contributed by atoms with Crippen molar-refractivity contribution in [2.24, 2.45) is 0 Å². The molecule has 3 aromatic rings. The van der Waals surface area contributed by atoms with Crippen LogP contribution in [0.4, 0.5) is 0 Å². The Morgan fingerprint density at radius 3 is 2.82 bits per heavy atom. The highest BCUT2D eigenvalue weighted by atomic mass is 32.1. The van der Waals surface area contributed by atoms with E-state index in [2.05, 4.69) is 9.88 Å². The number of ether oxygens (including phenoxy) is 2. The van der Waals surface area contributed by atoms with Crippen LogP contribution in [-0.2, 0) is 19.5 Å². The normalized spacial score (nSPS) is 14.0. The van der Waals surface area contributed by atoms with E-state index in [1.165, 1.54) is 0 Å². The molecule has 0 fully saturated rings. The first-order chi connectivity index (χ1) is 13.6. The number of H-pyrrole nitrogens is 1. The van der Waals surface area contributed by atoms with Crippen LogP contribution in [0.2, 0.25) is 0 Å². The number of hydrogen-bond acceptors (Lipinski definition) is 6. The highest BCUT2D eigenvalue weighted by molar-refractivity contribution is 7.13. The lowest BCUT2D eigenvalue weighted by Gasteiger charge is -2.28. The van der Waals surface area contributed by atoms with Crippen LogP contribution in [0.25, 0.3) is 10.7 Å². The molecule has 0 unspecified atom stereocenters. The van der Waals surface area contributed by atoms with Gasteiger partial charge in [0.25, 0.3) is 5.56 Å². The van der Waals surface area contributed by atoms with Crippen LogP contribution in [0.5, 0.6) is 11.5 Å². The van der Waals surface area contributed by atoms with E-state index in [-0.39, 0.29) is 5.56 Å². The third-order valence-electron chi connectivity index (χ3n) is 5.16. The van der Waals surface area contributed by atoms with Crippen LogP contribution in [0, 0.1) is 6.92 Å². The summed E-state index contributed by atoms with van der Waals surface area (Å²) in [6.07, 6.45) is 0.759. The molecule has 0 saturated carbocycles. The molecular weight excluding hydrogens is 374 g/mol. The van der Waals surface area contributed by atoms with E-state index in [1.54, 1.807) is 25.6 Å². The maximum absolute atomic E-state index is 12.7. The van der Waals surface area contributed by atoms with Gasteiger partial charge in [-0.1, -0.05) is 12.1 Å². The number of thiophene rings is 1. The molecule has 1 N–H and O–H groups in total. The molecule has 0 saturated heterocycles. The fourth-order valence-electron chi connectivity index (χ4n) is 3.75. The minimum absolute atomic E-state index is 0.0454. The fourth-order valence-corrected chi connectivity index (χ4v) is 4.42. The molecular formula is C21H23N3O3S. The van der Waals surface area contributed by atoms with Crippen molar-refractivity contribution >= 4 is 11.3 Å². The second-order valence-corrected chi connectivity index (χ2v) is 7.81. The van der Waals surface area contributed by atoms with E-state index in [0.717, 1.165) is 51.7 Å². The van der Waals surface area contributed by atoms with Crippen LogP contribution < -0.4 is 15.0 Å². The molecule has 0 aliphatic carbocycles. The summed E-state index contributed by atoms with van der Waals surface area (Å²) < 4.78 is 11.0. The lowest BCUT2D eigenvalue weighted by molar-refractivity contribution is 0.238. The largest absolute Gasteiger partial charge is 0.496 e. The molecule has 0 atom stereocenters. The Labute approximate surface area is 167 Å². The zero-order chi connectivity index (χ0) is 19.7. The second-order valence-electron chi connectivity index (χ2n) is 6.86. The maximum atomic E-state index is 12.7. The number of fused-ring (bicyclic) bond motifs is 1. The minimum atomic E-state index is -0.0454. The van der Waals surface area contributed by atoms with Gasteiger partial charge in [0.05, 0.1) is 30.4 Å². The molecule has 4 rings (SSSR count). The summed E-state index contributed by atoms with van der Waals surface area (Å²) in [6, 6.07) is 7.93. The van der Waals surface area contributed by atoms with E-state index in [1.807, 2.05) is 36.6 Å². The summed E-state index contributed by atoms with van der Waals surface area (Å²) in [6.45, 7) is 4.13. The number of hydrogen-bond donors (Lipinski definition) is 1. The van der Waals surface area contributed by atoms with Crippen molar-refractivity contribution in [2.75, 3.05) is 20.8 Å². The smallest absolute Gasteiger partial charge is 0.255 e. The predicted octanol–water partition coefficient (Wildman–Crippen LogP) is 3.38. The van der Waals surface area contributed by atoms with Gasteiger partial charge in [-0.05, 0) is 24.4 Å². The van der Waals surface area contributed by atoms with Gasteiger partial charge in [0.1, 0.15) is 11.5 Å². The Balaban J connectivity index is 1.58. The molecule has 1 aliphatic rings. The van der Waals surface area contributed by atoms with Gasteiger partial charge in [-0.3, -0.25) is 9.69 Å². The van der Waals surface area contributed by atoms with Crippen LogP contribution in [-0.4, -0.2) is 35.6 Å². The molecule has 1 aliphatic heterocycles. The van der Waals surface area contributed by atoms with Gasteiger partial charge in [0, 0.05) is 37.2 Å². The Morgan fingerprint density at radius 2 is 2.11 bits per heavy atom. The van der Waals surface area contributed by atoms with Crippen molar-refractivity contribution in [3.05, 3.63) is 62.4 Å². The second kappa shape index (κ2) is 7.77. The zero-order valence-corrected chi connectivity index (χ0v) is 17.1. The van der Waals surface area contributed by atoms with Crippen molar-refractivity contribution in [2.45, 2.75) is 26.4 Å². The number of aromatic amines is 1. The highest BCUT2D eigenvalue weighted by Crippen LogP contribution is 2.32. The molecule has 6 nitrogen and oxygen atoms in total. The Kier molecular flexibility index (Phi) is 5.19. The van der Waals surface area contributed by atoms with Gasteiger partial charge in [-0.15, -0.1) is 11.3 Å². The van der Waals surface area contributed by atoms with Crippen molar-refractivity contribution in [1.29, 1.82) is 0 Å². The van der Waals surface area contributed by atoms with Gasteiger partial charge in [0.15, 0.2) is 5.82 Å². The van der Waals surface area contributed by atoms with E-state index >= 15 is 0 Å².